The van der Waals surface area contributed by atoms with E-state index in [1.54, 1.807) is 6.21 Å². The molecule has 0 bridgehead atoms. The van der Waals surface area contributed by atoms with E-state index in [9.17, 15) is 4.79 Å². The Bertz CT molecular complexity index is 1850. The highest BCUT2D eigenvalue weighted by Gasteiger charge is 2.19. The summed E-state index contributed by atoms with van der Waals surface area (Å²) in [5, 5.41) is 18.4. The van der Waals surface area contributed by atoms with E-state index in [4.69, 9.17) is 0 Å². The molecule has 1 aromatic heterocycles. The topological polar surface area (TPSA) is 72.2 Å². The van der Waals surface area contributed by atoms with Crippen LogP contribution in [0.15, 0.2) is 119 Å². The van der Waals surface area contributed by atoms with Crippen LogP contribution in [0.3, 0.4) is 0 Å². The molecule has 0 aliphatic rings. The molecule has 0 aliphatic carbocycles. The normalized spacial score (nSPS) is 11.9. The lowest BCUT2D eigenvalue weighted by Crippen LogP contribution is -2.20. The van der Waals surface area contributed by atoms with Crippen LogP contribution in [0.5, 0.6) is 0 Å². The number of hydrogen-bond acceptors (Lipinski definition) is 5. The van der Waals surface area contributed by atoms with Crippen molar-refractivity contribution in [2.24, 2.45) is 5.10 Å². The molecule has 0 aliphatic heterocycles. The number of carbonyl (C=O) groups is 1. The molecule has 208 valence electrons. The standard InChI is InChI=1S/C35H31N5OS/c1-35(2,3)27-19-17-24(18-20-27)33-38-39-34(40(33)28-13-5-4-6-14-28)42-23-32(41)37-36-22-31-29-15-9-7-11-25(29)21-26-12-8-10-16-30(26)31/h4-22H,23H2,1-3H3,(H,37,41). The van der Waals surface area contributed by atoms with Crippen LogP contribution in [-0.4, -0.2) is 32.6 Å². The summed E-state index contributed by atoms with van der Waals surface area (Å²) in [7, 11) is 0. The molecule has 0 saturated carbocycles. The van der Waals surface area contributed by atoms with Gasteiger partial charge in [-0.3, -0.25) is 9.36 Å². The summed E-state index contributed by atoms with van der Waals surface area (Å²) in [6.45, 7) is 6.59. The Balaban J connectivity index is 1.22. The summed E-state index contributed by atoms with van der Waals surface area (Å²) in [5.74, 6) is 0.645. The van der Waals surface area contributed by atoms with E-state index >= 15 is 0 Å². The van der Waals surface area contributed by atoms with E-state index in [2.05, 4.69) is 96.1 Å². The predicted molar refractivity (Wildman–Crippen MR) is 173 cm³/mol. The number of carbonyl (C=O) groups excluding carboxylic acids is 1. The second kappa shape index (κ2) is 11.6. The number of amides is 1. The second-order valence-electron chi connectivity index (χ2n) is 11.1. The number of hydrogen-bond donors (Lipinski definition) is 1. The summed E-state index contributed by atoms with van der Waals surface area (Å²) in [6, 6.07) is 37.0. The largest absolute Gasteiger partial charge is 0.272 e. The Labute approximate surface area is 249 Å². The molecule has 42 heavy (non-hydrogen) atoms. The third kappa shape index (κ3) is 5.69. The van der Waals surface area contributed by atoms with E-state index < -0.39 is 0 Å². The fourth-order valence-corrected chi connectivity index (χ4v) is 5.74. The molecule has 0 fully saturated rings. The minimum atomic E-state index is -0.223. The van der Waals surface area contributed by atoms with Gasteiger partial charge in [0.2, 0.25) is 0 Å². The first-order valence-corrected chi connectivity index (χ1v) is 14.8. The van der Waals surface area contributed by atoms with Crippen molar-refractivity contribution in [2.75, 3.05) is 5.75 Å². The van der Waals surface area contributed by atoms with E-state index in [0.717, 1.165) is 44.2 Å². The fourth-order valence-electron chi connectivity index (χ4n) is 5.00. The Morgan fingerprint density at radius 3 is 2.10 bits per heavy atom. The van der Waals surface area contributed by atoms with Crippen molar-refractivity contribution in [2.45, 2.75) is 31.3 Å². The van der Waals surface area contributed by atoms with Gasteiger partial charge in [-0.05, 0) is 50.7 Å². The summed E-state index contributed by atoms with van der Waals surface area (Å²) in [5.41, 5.74) is 6.88. The van der Waals surface area contributed by atoms with Crippen LogP contribution in [0.1, 0.15) is 31.9 Å². The van der Waals surface area contributed by atoms with Crippen LogP contribution in [0.25, 0.3) is 38.6 Å². The number of rotatable bonds is 7. The van der Waals surface area contributed by atoms with Gasteiger partial charge in [-0.2, -0.15) is 5.10 Å². The predicted octanol–water partition coefficient (Wildman–Crippen LogP) is 7.78. The molecule has 0 atom stereocenters. The van der Waals surface area contributed by atoms with Gasteiger partial charge in [-0.25, -0.2) is 5.43 Å². The van der Waals surface area contributed by atoms with Crippen molar-refractivity contribution in [1.29, 1.82) is 0 Å². The van der Waals surface area contributed by atoms with Crippen LogP contribution in [-0.2, 0) is 10.2 Å². The summed E-state index contributed by atoms with van der Waals surface area (Å²) in [6.07, 6.45) is 1.74. The van der Waals surface area contributed by atoms with Gasteiger partial charge in [-0.15, -0.1) is 10.2 Å². The summed E-state index contributed by atoms with van der Waals surface area (Å²) in [4.78, 5) is 12.9. The number of aromatic nitrogens is 3. The van der Waals surface area contributed by atoms with E-state index in [1.807, 2.05) is 59.2 Å². The fraction of sp³-hybridized carbons (Fsp3) is 0.143. The SMILES string of the molecule is CC(C)(C)c1ccc(-c2nnc(SCC(=O)NN=Cc3c4ccccc4cc4ccccc34)n2-c2ccccc2)cc1. The van der Waals surface area contributed by atoms with Gasteiger partial charge in [0.25, 0.3) is 5.91 Å². The Morgan fingerprint density at radius 1 is 0.833 bits per heavy atom. The van der Waals surface area contributed by atoms with E-state index in [1.165, 1.54) is 17.3 Å². The van der Waals surface area contributed by atoms with Crippen LogP contribution < -0.4 is 5.43 Å². The van der Waals surface area contributed by atoms with Crippen molar-refractivity contribution in [3.8, 4) is 17.1 Å². The minimum absolute atomic E-state index is 0.0587. The Morgan fingerprint density at radius 2 is 1.45 bits per heavy atom. The Kier molecular flexibility index (Phi) is 7.59. The van der Waals surface area contributed by atoms with Gasteiger partial charge >= 0.3 is 0 Å². The lowest BCUT2D eigenvalue weighted by molar-refractivity contribution is -0.118. The minimum Gasteiger partial charge on any atom is -0.272 e. The van der Waals surface area contributed by atoms with Crippen LogP contribution >= 0.6 is 11.8 Å². The maximum absolute atomic E-state index is 12.9. The average molecular weight is 570 g/mol. The van der Waals surface area contributed by atoms with Crippen LogP contribution in [0.4, 0.5) is 0 Å². The first-order valence-electron chi connectivity index (χ1n) is 13.9. The molecule has 1 amide bonds. The van der Waals surface area contributed by atoms with E-state index in [0.29, 0.717) is 5.16 Å². The molecule has 6 aromatic rings. The van der Waals surface area contributed by atoms with Crippen molar-refractivity contribution in [1.82, 2.24) is 20.2 Å². The number of fused-ring (bicyclic) bond motifs is 2. The molecule has 0 radical (unpaired) electrons. The van der Waals surface area contributed by atoms with Crippen molar-refractivity contribution in [3.63, 3.8) is 0 Å². The van der Waals surface area contributed by atoms with Gasteiger partial charge in [0.1, 0.15) is 0 Å². The first-order chi connectivity index (χ1) is 20.4. The van der Waals surface area contributed by atoms with Crippen LogP contribution in [0.2, 0.25) is 0 Å². The molecule has 6 nitrogen and oxygen atoms in total. The van der Waals surface area contributed by atoms with Crippen molar-refractivity contribution >= 4 is 45.4 Å². The summed E-state index contributed by atoms with van der Waals surface area (Å²) < 4.78 is 2.00. The number of nitrogens with one attached hydrogen (secondary N) is 1. The second-order valence-corrected chi connectivity index (χ2v) is 12.1. The van der Waals surface area contributed by atoms with Gasteiger partial charge in [0, 0.05) is 16.8 Å². The zero-order valence-corrected chi connectivity index (χ0v) is 24.6. The van der Waals surface area contributed by atoms with Gasteiger partial charge in [0.15, 0.2) is 11.0 Å². The molecule has 5 aromatic carbocycles. The maximum atomic E-state index is 12.9. The average Bonchev–Trinajstić information content (AvgIpc) is 3.44. The number of hydrazone groups is 1. The van der Waals surface area contributed by atoms with Crippen LogP contribution in [0, 0.1) is 0 Å². The summed E-state index contributed by atoms with van der Waals surface area (Å²) >= 11 is 1.33. The number of nitrogens with zero attached hydrogens (tertiary/aromatic N) is 4. The zero-order chi connectivity index (χ0) is 29.1. The Hall–Kier alpha value is -4.75. The molecule has 0 unspecified atom stereocenters. The highest BCUT2D eigenvalue weighted by atomic mass is 32.2. The first kappa shape index (κ1) is 27.4. The molecular weight excluding hydrogens is 538 g/mol. The van der Waals surface area contributed by atoms with Gasteiger partial charge in [-0.1, -0.05) is 124 Å². The molecule has 1 N–H and O–H groups in total. The third-order valence-corrected chi connectivity index (χ3v) is 8.11. The highest BCUT2D eigenvalue weighted by molar-refractivity contribution is 7.99. The number of para-hydroxylation sites is 1. The third-order valence-electron chi connectivity index (χ3n) is 7.19. The molecule has 0 saturated heterocycles. The molecule has 0 spiro atoms. The highest BCUT2D eigenvalue weighted by Crippen LogP contribution is 2.30. The van der Waals surface area contributed by atoms with Gasteiger partial charge < -0.3 is 0 Å². The zero-order valence-electron chi connectivity index (χ0n) is 23.8. The molecule has 7 heteroatoms. The van der Waals surface area contributed by atoms with E-state index in [-0.39, 0.29) is 17.1 Å². The lowest BCUT2D eigenvalue weighted by atomic mass is 9.87. The molecule has 1 heterocycles. The number of benzene rings is 5. The molecule has 6 rings (SSSR count). The van der Waals surface area contributed by atoms with Crippen molar-refractivity contribution in [3.05, 3.63) is 120 Å². The monoisotopic (exact) mass is 569 g/mol. The molecular formula is C35H31N5OS. The maximum Gasteiger partial charge on any atom is 0.250 e. The quantitative estimate of drug-likeness (QED) is 0.0922. The lowest BCUT2D eigenvalue weighted by Gasteiger charge is -2.19. The smallest absolute Gasteiger partial charge is 0.250 e. The van der Waals surface area contributed by atoms with Gasteiger partial charge in [0.05, 0.1) is 12.0 Å². The van der Waals surface area contributed by atoms with Crippen molar-refractivity contribution < 1.29 is 4.79 Å². The number of thioether (sulfide) groups is 1.